The molecule has 2 rings (SSSR count). The molecule has 0 aliphatic carbocycles. The minimum atomic E-state index is -0.459. The van der Waals surface area contributed by atoms with E-state index < -0.39 is 6.09 Å². The molecular formula is C15H21NO4. The zero-order valence-electron chi connectivity index (χ0n) is 11.8. The Hall–Kier alpha value is -1.59. The van der Waals surface area contributed by atoms with Gasteiger partial charge in [0.2, 0.25) is 0 Å². The van der Waals surface area contributed by atoms with Crippen LogP contribution in [0.3, 0.4) is 0 Å². The Labute approximate surface area is 118 Å². The highest BCUT2D eigenvalue weighted by Crippen LogP contribution is 2.28. The largest absolute Gasteiger partial charge is 0.445 e. The van der Waals surface area contributed by atoms with Crippen molar-refractivity contribution in [2.45, 2.75) is 38.7 Å². The number of carbonyl (C=O) groups is 1. The smallest absolute Gasteiger partial charge is 0.407 e. The van der Waals surface area contributed by atoms with Crippen LogP contribution in [0.1, 0.15) is 19.4 Å². The van der Waals surface area contributed by atoms with E-state index in [0.717, 1.165) is 5.56 Å². The summed E-state index contributed by atoms with van der Waals surface area (Å²) in [5, 5.41) is 11.8. The molecule has 110 valence electrons. The minimum Gasteiger partial charge on any atom is -0.445 e. The summed E-state index contributed by atoms with van der Waals surface area (Å²) in [6.45, 7) is 4.22. The van der Waals surface area contributed by atoms with Crippen molar-refractivity contribution in [2.75, 3.05) is 6.61 Å². The summed E-state index contributed by atoms with van der Waals surface area (Å²) < 4.78 is 10.5. The van der Waals surface area contributed by atoms with Crippen molar-refractivity contribution in [1.82, 2.24) is 5.32 Å². The van der Waals surface area contributed by atoms with E-state index in [0.29, 0.717) is 0 Å². The molecule has 5 heteroatoms. The predicted molar refractivity (Wildman–Crippen MR) is 74.1 cm³/mol. The maximum absolute atomic E-state index is 11.8. The lowest BCUT2D eigenvalue weighted by Crippen LogP contribution is -2.43. The number of ether oxygens (including phenoxy) is 2. The van der Waals surface area contributed by atoms with Crippen LogP contribution in [0.2, 0.25) is 0 Å². The van der Waals surface area contributed by atoms with Gasteiger partial charge in [-0.05, 0) is 11.5 Å². The summed E-state index contributed by atoms with van der Waals surface area (Å²) in [5.74, 6) is 0.209. The van der Waals surface area contributed by atoms with Crippen LogP contribution in [-0.4, -0.2) is 36.1 Å². The van der Waals surface area contributed by atoms with Gasteiger partial charge >= 0.3 is 6.09 Å². The molecule has 1 fully saturated rings. The quantitative estimate of drug-likeness (QED) is 0.777. The molecule has 1 aromatic rings. The number of nitrogens with one attached hydrogen (secondary N) is 1. The Morgan fingerprint density at radius 3 is 2.65 bits per heavy atom. The molecule has 0 spiro atoms. The second kappa shape index (κ2) is 6.72. The number of amides is 1. The molecule has 0 aromatic heterocycles. The van der Waals surface area contributed by atoms with Crippen molar-refractivity contribution >= 4 is 6.09 Å². The molecule has 2 N–H and O–H groups in total. The Morgan fingerprint density at radius 1 is 1.40 bits per heavy atom. The van der Waals surface area contributed by atoms with Crippen LogP contribution in [0.25, 0.3) is 0 Å². The Bertz CT molecular complexity index is 435. The van der Waals surface area contributed by atoms with E-state index in [4.69, 9.17) is 14.6 Å². The van der Waals surface area contributed by atoms with Crippen LogP contribution in [0.4, 0.5) is 4.79 Å². The number of carbonyl (C=O) groups excluding carboxylic acids is 1. The molecule has 5 nitrogen and oxygen atoms in total. The molecule has 0 saturated carbocycles. The Kier molecular flexibility index (Phi) is 4.98. The van der Waals surface area contributed by atoms with E-state index in [1.54, 1.807) is 0 Å². The van der Waals surface area contributed by atoms with E-state index in [1.807, 2.05) is 44.2 Å². The number of alkyl carbamates (subject to hydrolysis) is 1. The molecule has 0 unspecified atom stereocenters. The van der Waals surface area contributed by atoms with Crippen molar-refractivity contribution < 1.29 is 19.4 Å². The number of hydrogen-bond acceptors (Lipinski definition) is 4. The second-order valence-corrected chi connectivity index (χ2v) is 5.30. The summed E-state index contributed by atoms with van der Waals surface area (Å²) in [6, 6.07) is 9.38. The molecule has 20 heavy (non-hydrogen) atoms. The first kappa shape index (κ1) is 14.8. The molecule has 1 heterocycles. The van der Waals surface area contributed by atoms with Gasteiger partial charge in [-0.1, -0.05) is 44.2 Å². The standard InChI is InChI=1S/C15H21NO4/c1-10(2)13(14-12(8-17)20-14)16-15(18)19-9-11-6-4-3-5-7-11/h3-7,10,12-14,17H,8-9H2,1-2H3,(H,16,18)/t12-,13-,14-/m0/s1. The topological polar surface area (TPSA) is 71.1 Å². The fourth-order valence-corrected chi connectivity index (χ4v) is 2.15. The monoisotopic (exact) mass is 279 g/mol. The average molecular weight is 279 g/mol. The Morgan fingerprint density at radius 2 is 2.10 bits per heavy atom. The molecule has 3 atom stereocenters. The van der Waals surface area contributed by atoms with E-state index in [-0.39, 0.29) is 37.4 Å². The number of epoxide rings is 1. The fourth-order valence-electron chi connectivity index (χ4n) is 2.15. The molecule has 1 aliphatic heterocycles. The van der Waals surface area contributed by atoms with E-state index in [9.17, 15) is 4.79 Å². The molecule has 1 amide bonds. The third kappa shape index (κ3) is 3.95. The predicted octanol–water partition coefficient (Wildman–Crippen LogP) is 1.70. The molecule has 1 aliphatic rings. The minimum absolute atomic E-state index is 0.0192. The van der Waals surface area contributed by atoms with Gasteiger partial charge in [0, 0.05) is 0 Å². The van der Waals surface area contributed by atoms with Crippen molar-refractivity contribution in [1.29, 1.82) is 0 Å². The molecule has 0 radical (unpaired) electrons. The van der Waals surface area contributed by atoms with Crippen molar-refractivity contribution in [3.63, 3.8) is 0 Å². The van der Waals surface area contributed by atoms with Gasteiger partial charge in [0.15, 0.2) is 0 Å². The summed E-state index contributed by atoms with van der Waals surface area (Å²) in [4.78, 5) is 11.8. The lowest BCUT2D eigenvalue weighted by Gasteiger charge is -2.20. The first-order valence-corrected chi connectivity index (χ1v) is 6.85. The van der Waals surface area contributed by atoms with Gasteiger partial charge in [-0.15, -0.1) is 0 Å². The second-order valence-electron chi connectivity index (χ2n) is 5.30. The van der Waals surface area contributed by atoms with Crippen molar-refractivity contribution in [3.05, 3.63) is 35.9 Å². The summed E-state index contributed by atoms with van der Waals surface area (Å²) in [7, 11) is 0. The summed E-state index contributed by atoms with van der Waals surface area (Å²) in [5.41, 5.74) is 0.944. The molecule has 0 bridgehead atoms. The molecule has 1 saturated heterocycles. The number of rotatable bonds is 6. The van der Waals surface area contributed by atoms with Crippen LogP contribution >= 0.6 is 0 Å². The number of benzene rings is 1. The third-order valence-corrected chi connectivity index (χ3v) is 3.37. The zero-order valence-corrected chi connectivity index (χ0v) is 11.8. The van der Waals surface area contributed by atoms with Crippen LogP contribution in [0, 0.1) is 5.92 Å². The maximum Gasteiger partial charge on any atom is 0.407 e. The number of hydrogen-bond donors (Lipinski definition) is 2. The van der Waals surface area contributed by atoms with Gasteiger partial charge in [0.25, 0.3) is 0 Å². The van der Waals surface area contributed by atoms with E-state index in [1.165, 1.54) is 0 Å². The lowest BCUT2D eigenvalue weighted by atomic mass is 9.99. The van der Waals surface area contributed by atoms with Gasteiger partial charge in [-0.2, -0.15) is 0 Å². The highest BCUT2D eigenvalue weighted by Gasteiger charge is 2.46. The van der Waals surface area contributed by atoms with Gasteiger partial charge in [0.1, 0.15) is 18.8 Å². The molecular weight excluding hydrogens is 258 g/mol. The van der Waals surface area contributed by atoms with Crippen LogP contribution in [-0.2, 0) is 16.1 Å². The normalized spacial score (nSPS) is 22.4. The van der Waals surface area contributed by atoms with Gasteiger partial charge in [-0.3, -0.25) is 0 Å². The third-order valence-electron chi connectivity index (χ3n) is 3.37. The zero-order chi connectivity index (χ0) is 14.5. The Balaban J connectivity index is 1.80. The molecule has 1 aromatic carbocycles. The van der Waals surface area contributed by atoms with Gasteiger partial charge in [-0.25, -0.2) is 4.79 Å². The highest BCUT2D eigenvalue weighted by molar-refractivity contribution is 5.67. The van der Waals surface area contributed by atoms with E-state index in [2.05, 4.69) is 5.32 Å². The summed E-state index contributed by atoms with van der Waals surface area (Å²) >= 11 is 0. The first-order valence-electron chi connectivity index (χ1n) is 6.85. The lowest BCUT2D eigenvalue weighted by molar-refractivity contribution is 0.129. The van der Waals surface area contributed by atoms with Crippen LogP contribution < -0.4 is 5.32 Å². The van der Waals surface area contributed by atoms with E-state index >= 15 is 0 Å². The number of aliphatic hydroxyl groups is 1. The number of aliphatic hydroxyl groups excluding tert-OH is 1. The SMILES string of the molecule is CC(C)[C@H](NC(=O)OCc1ccccc1)[C@H]1O[C@H]1CO. The maximum atomic E-state index is 11.8. The average Bonchev–Trinajstić information content (AvgIpc) is 3.22. The fraction of sp³-hybridized carbons (Fsp3) is 0.533. The summed E-state index contributed by atoms with van der Waals surface area (Å²) in [6.07, 6.45) is -0.749. The first-order chi connectivity index (χ1) is 9.61. The van der Waals surface area contributed by atoms with Crippen LogP contribution in [0.5, 0.6) is 0 Å². The van der Waals surface area contributed by atoms with Crippen LogP contribution in [0.15, 0.2) is 30.3 Å². The highest BCUT2D eigenvalue weighted by atomic mass is 16.6. The van der Waals surface area contributed by atoms with Crippen molar-refractivity contribution in [2.24, 2.45) is 5.92 Å². The van der Waals surface area contributed by atoms with Gasteiger partial charge in [0.05, 0.1) is 12.6 Å². The van der Waals surface area contributed by atoms with Crippen molar-refractivity contribution in [3.8, 4) is 0 Å². The van der Waals surface area contributed by atoms with Gasteiger partial charge < -0.3 is 19.9 Å².